The fourth-order valence-corrected chi connectivity index (χ4v) is 4.07. The minimum Gasteiger partial charge on any atom is -0.333 e. The number of anilines is 2. The maximum Gasteiger partial charge on any atom is 0.321 e. The summed E-state index contributed by atoms with van der Waals surface area (Å²) in [6.07, 6.45) is 0.198. The van der Waals surface area contributed by atoms with E-state index < -0.39 is 6.03 Å². The summed E-state index contributed by atoms with van der Waals surface area (Å²) in [7, 11) is 0. The zero-order chi connectivity index (χ0) is 19.0. The van der Waals surface area contributed by atoms with E-state index >= 15 is 0 Å². The van der Waals surface area contributed by atoms with Crippen molar-refractivity contribution in [3.05, 3.63) is 53.8 Å². The Bertz CT molecular complexity index is 1020. The monoisotopic (exact) mass is 384 g/mol. The van der Waals surface area contributed by atoms with Gasteiger partial charge in [0.25, 0.3) is 0 Å². The largest absolute Gasteiger partial charge is 0.333 e. The molecule has 138 valence electrons. The van der Waals surface area contributed by atoms with Crippen molar-refractivity contribution in [2.75, 3.05) is 16.8 Å². The maximum atomic E-state index is 13.1. The molecular weight excluding hydrogens is 367 g/mol. The lowest BCUT2D eigenvalue weighted by Crippen LogP contribution is -2.39. The molecule has 8 heteroatoms. The van der Waals surface area contributed by atoms with Gasteiger partial charge in [0.1, 0.15) is 5.82 Å². The van der Waals surface area contributed by atoms with Crippen LogP contribution >= 0.6 is 11.3 Å². The Morgan fingerprint density at radius 2 is 2.04 bits per heavy atom. The first-order valence-electron chi connectivity index (χ1n) is 8.49. The molecule has 0 radical (unpaired) electrons. The molecule has 0 spiro atoms. The highest BCUT2D eigenvalue weighted by atomic mass is 32.1. The normalized spacial score (nSPS) is 16.7. The van der Waals surface area contributed by atoms with Gasteiger partial charge >= 0.3 is 6.03 Å². The zero-order valence-electron chi connectivity index (χ0n) is 14.5. The van der Waals surface area contributed by atoms with Gasteiger partial charge < -0.3 is 10.2 Å². The predicted octanol–water partition coefficient (Wildman–Crippen LogP) is 3.67. The highest BCUT2D eigenvalue weighted by Gasteiger charge is 2.31. The van der Waals surface area contributed by atoms with Crippen molar-refractivity contribution in [1.82, 2.24) is 10.3 Å². The molecule has 1 saturated heterocycles. The van der Waals surface area contributed by atoms with E-state index in [1.807, 2.05) is 25.1 Å². The highest BCUT2D eigenvalue weighted by Crippen LogP contribution is 2.28. The fraction of sp³-hybridized carbons (Fsp3) is 0.211. The topological polar surface area (TPSA) is 74.3 Å². The molecule has 1 unspecified atom stereocenters. The molecule has 3 amide bonds. The minimum atomic E-state index is -0.398. The SMILES string of the molecule is Cc1cccc2sc(NC(=O)NC3CC(=O)N(c4ccc(F)cc4)C3)nc12. The van der Waals surface area contributed by atoms with Crippen LogP contribution < -0.4 is 15.5 Å². The van der Waals surface area contributed by atoms with Gasteiger partial charge in [0, 0.05) is 18.7 Å². The number of halogens is 1. The molecule has 2 N–H and O–H groups in total. The number of thiazole rings is 1. The van der Waals surface area contributed by atoms with Gasteiger partial charge in [-0.25, -0.2) is 14.2 Å². The first-order valence-corrected chi connectivity index (χ1v) is 9.31. The summed E-state index contributed by atoms with van der Waals surface area (Å²) in [4.78, 5) is 30.5. The summed E-state index contributed by atoms with van der Waals surface area (Å²) in [5.41, 5.74) is 2.54. The number of nitrogens with one attached hydrogen (secondary N) is 2. The lowest BCUT2D eigenvalue weighted by atomic mass is 10.2. The number of nitrogens with zero attached hydrogens (tertiary/aromatic N) is 2. The zero-order valence-corrected chi connectivity index (χ0v) is 15.3. The molecule has 1 aromatic heterocycles. The van der Waals surface area contributed by atoms with Crippen molar-refractivity contribution < 1.29 is 14.0 Å². The van der Waals surface area contributed by atoms with Crippen molar-refractivity contribution in [1.29, 1.82) is 0 Å². The van der Waals surface area contributed by atoms with Gasteiger partial charge in [-0.05, 0) is 42.8 Å². The van der Waals surface area contributed by atoms with Crippen LogP contribution in [0.4, 0.5) is 20.0 Å². The third kappa shape index (κ3) is 3.61. The van der Waals surface area contributed by atoms with Crippen molar-refractivity contribution in [3.63, 3.8) is 0 Å². The van der Waals surface area contributed by atoms with Crippen molar-refractivity contribution in [2.24, 2.45) is 0 Å². The van der Waals surface area contributed by atoms with E-state index in [0.717, 1.165) is 15.8 Å². The van der Waals surface area contributed by atoms with Crippen LogP contribution in [0.25, 0.3) is 10.2 Å². The standard InChI is InChI=1S/C19H17FN4O2S/c1-11-3-2-4-15-17(11)22-19(27-15)23-18(26)21-13-9-16(25)24(10-13)14-7-5-12(20)6-8-14/h2-8,13H,9-10H2,1H3,(H2,21,22,23,26). The number of aromatic nitrogens is 1. The summed E-state index contributed by atoms with van der Waals surface area (Å²) in [6, 6.07) is 10.9. The molecule has 1 atom stereocenters. The van der Waals surface area contributed by atoms with Gasteiger partial charge in [0.05, 0.1) is 16.3 Å². The van der Waals surface area contributed by atoms with Crippen LogP contribution in [0.3, 0.4) is 0 Å². The smallest absolute Gasteiger partial charge is 0.321 e. The Morgan fingerprint density at radius 3 is 2.78 bits per heavy atom. The number of carbonyl (C=O) groups excluding carboxylic acids is 2. The number of rotatable bonds is 3. The van der Waals surface area contributed by atoms with Crippen molar-refractivity contribution in [3.8, 4) is 0 Å². The van der Waals surface area contributed by atoms with Gasteiger partial charge in [0.2, 0.25) is 5.91 Å². The Labute approximate surface area is 159 Å². The third-order valence-electron chi connectivity index (χ3n) is 4.44. The molecule has 2 heterocycles. The second kappa shape index (κ2) is 6.96. The lowest BCUT2D eigenvalue weighted by Gasteiger charge is -2.17. The molecule has 27 heavy (non-hydrogen) atoms. The van der Waals surface area contributed by atoms with Gasteiger partial charge in [-0.2, -0.15) is 0 Å². The van der Waals surface area contributed by atoms with E-state index in [4.69, 9.17) is 0 Å². The van der Waals surface area contributed by atoms with E-state index in [2.05, 4.69) is 15.6 Å². The lowest BCUT2D eigenvalue weighted by molar-refractivity contribution is -0.117. The predicted molar refractivity (Wildman–Crippen MR) is 104 cm³/mol. The van der Waals surface area contributed by atoms with E-state index in [1.54, 1.807) is 17.0 Å². The summed E-state index contributed by atoms with van der Waals surface area (Å²) < 4.78 is 14.1. The van der Waals surface area contributed by atoms with E-state index in [-0.39, 0.29) is 24.2 Å². The molecule has 1 aliphatic heterocycles. The Hall–Kier alpha value is -3.00. The summed E-state index contributed by atoms with van der Waals surface area (Å²) in [5.74, 6) is -0.465. The van der Waals surface area contributed by atoms with Crippen LogP contribution in [0.5, 0.6) is 0 Å². The number of amides is 3. The van der Waals surface area contributed by atoms with Gasteiger partial charge in [-0.3, -0.25) is 10.1 Å². The van der Waals surface area contributed by atoms with Crippen molar-refractivity contribution >= 4 is 44.3 Å². The molecule has 0 bridgehead atoms. The number of para-hydroxylation sites is 1. The summed E-state index contributed by atoms with van der Waals surface area (Å²) >= 11 is 1.40. The fourth-order valence-electron chi connectivity index (χ4n) is 3.13. The first-order chi connectivity index (χ1) is 13.0. The van der Waals surface area contributed by atoms with Crippen LogP contribution in [0, 0.1) is 12.7 Å². The summed E-state index contributed by atoms with van der Waals surface area (Å²) in [5, 5.41) is 6.06. The van der Waals surface area contributed by atoms with Crippen LogP contribution in [0.2, 0.25) is 0 Å². The van der Waals surface area contributed by atoms with Crippen molar-refractivity contribution in [2.45, 2.75) is 19.4 Å². The van der Waals surface area contributed by atoms with Crippen LogP contribution in [0.1, 0.15) is 12.0 Å². The molecule has 1 fully saturated rings. The molecule has 0 saturated carbocycles. The third-order valence-corrected chi connectivity index (χ3v) is 5.38. The second-order valence-corrected chi connectivity index (χ2v) is 7.45. The molecule has 3 aromatic rings. The first kappa shape index (κ1) is 17.4. The number of benzene rings is 2. The van der Waals surface area contributed by atoms with E-state index in [0.29, 0.717) is 17.4 Å². The second-order valence-electron chi connectivity index (χ2n) is 6.42. The van der Waals surface area contributed by atoms with Gasteiger partial charge in [0.15, 0.2) is 5.13 Å². The van der Waals surface area contributed by atoms with Gasteiger partial charge in [-0.15, -0.1) is 0 Å². The number of fused-ring (bicyclic) bond motifs is 1. The molecule has 1 aliphatic rings. The Balaban J connectivity index is 1.40. The van der Waals surface area contributed by atoms with E-state index in [1.165, 1.54) is 23.5 Å². The minimum absolute atomic E-state index is 0.109. The van der Waals surface area contributed by atoms with E-state index in [9.17, 15) is 14.0 Å². The Kier molecular flexibility index (Phi) is 4.49. The maximum absolute atomic E-state index is 13.1. The molecular formula is C19H17FN4O2S. The number of urea groups is 1. The molecule has 6 nitrogen and oxygen atoms in total. The quantitative estimate of drug-likeness (QED) is 0.724. The average molecular weight is 384 g/mol. The number of aryl methyl sites for hydroxylation is 1. The average Bonchev–Trinajstić information content (AvgIpc) is 3.19. The Morgan fingerprint density at radius 1 is 1.26 bits per heavy atom. The number of hydrogen-bond acceptors (Lipinski definition) is 4. The number of carbonyl (C=O) groups is 2. The van der Waals surface area contributed by atoms with Crippen LogP contribution in [-0.4, -0.2) is 29.5 Å². The molecule has 2 aromatic carbocycles. The summed E-state index contributed by atoms with van der Waals surface area (Å²) in [6.45, 7) is 2.32. The molecule has 0 aliphatic carbocycles. The van der Waals surface area contributed by atoms with Gasteiger partial charge in [-0.1, -0.05) is 23.5 Å². The van der Waals surface area contributed by atoms with Crippen LogP contribution in [0.15, 0.2) is 42.5 Å². The highest BCUT2D eigenvalue weighted by molar-refractivity contribution is 7.22. The number of hydrogen-bond donors (Lipinski definition) is 2. The molecule has 4 rings (SSSR count). The van der Waals surface area contributed by atoms with Crippen LogP contribution in [-0.2, 0) is 4.79 Å².